The number of likely N-dealkylation sites (N-methyl/N-ethyl adjacent to an activating group) is 1. The number of carbonyl (C=O) groups excluding carboxylic acids is 2. The first-order valence-corrected chi connectivity index (χ1v) is 17.3. The molecule has 0 saturated carbocycles. The Balaban J connectivity index is 1.24. The molecule has 4 aromatic rings. The molecule has 1 fully saturated rings. The number of carbonyl (C=O) groups is 2. The van der Waals surface area contributed by atoms with Crippen molar-refractivity contribution in [3.8, 4) is 11.1 Å². The van der Waals surface area contributed by atoms with Gasteiger partial charge in [0.25, 0.3) is 0 Å². The molecule has 3 atom stereocenters. The Morgan fingerprint density at radius 3 is 2.27 bits per heavy atom. The van der Waals surface area contributed by atoms with E-state index < -0.39 is 6.29 Å². The predicted molar refractivity (Wildman–Crippen MR) is 192 cm³/mol. The molecule has 0 spiro atoms. The number of aliphatic hydroxyl groups is 1. The van der Waals surface area contributed by atoms with Crippen LogP contribution in [0.2, 0.25) is 0 Å². The maximum Gasteiger partial charge on any atom is 0.220 e. The molecular weight excluding hydrogens is 614 g/mol. The molecule has 8 nitrogen and oxygen atoms in total. The average Bonchev–Trinajstić information content (AvgIpc) is 3.12. The highest BCUT2D eigenvalue weighted by molar-refractivity contribution is 5.76. The summed E-state index contributed by atoms with van der Waals surface area (Å²) in [5, 5.41) is 15.4. The van der Waals surface area contributed by atoms with Crippen LogP contribution in [0.15, 0.2) is 103 Å². The fourth-order valence-electron chi connectivity index (χ4n) is 6.21. The lowest BCUT2D eigenvalue weighted by molar-refractivity contribution is -0.252. The molecule has 0 radical (unpaired) electrons. The van der Waals surface area contributed by atoms with Gasteiger partial charge in [0.1, 0.15) is 0 Å². The number of amides is 2. The molecule has 0 unspecified atom stereocenters. The van der Waals surface area contributed by atoms with Crippen molar-refractivity contribution in [3.63, 3.8) is 0 Å². The Bertz CT molecular complexity index is 1630. The van der Waals surface area contributed by atoms with E-state index in [9.17, 15) is 14.7 Å². The van der Waals surface area contributed by atoms with Gasteiger partial charge in [-0.3, -0.25) is 14.5 Å². The van der Waals surface area contributed by atoms with Gasteiger partial charge in [-0.05, 0) is 65.4 Å². The molecular formula is C41H49N3O5. The first-order chi connectivity index (χ1) is 23.9. The first kappa shape index (κ1) is 36.0. The Morgan fingerprint density at radius 1 is 0.776 bits per heavy atom. The molecule has 1 heterocycles. The lowest BCUT2D eigenvalue weighted by atomic mass is 9.98. The van der Waals surface area contributed by atoms with Gasteiger partial charge in [0.15, 0.2) is 6.29 Å². The maximum absolute atomic E-state index is 12.5. The van der Waals surface area contributed by atoms with E-state index >= 15 is 0 Å². The highest BCUT2D eigenvalue weighted by Gasteiger charge is 2.33. The maximum atomic E-state index is 12.5. The van der Waals surface area contributed by atoms with Gasteiger partial charge in [-0.2, -0.15) is 0 Å². The van der Waals surface area contributed by atoms with Crippen molar-refractivity contribution >= 4 is 11.8 Å². The second-order valence-corrected chi connectivity index (χ2v) is 12.9. The lowest BCUT2D eigenvalue weighted by Gasteiger charge is -2.38. The lowest BCUT2D eigenvalue weighted by Crippen LogP contribution is -2.37. The molecule has 0 bridgehead atoms. The van der Waals surface area contributed by atoms with Crippen molar-refractivity contribution in [2.75, 3.05) is 20.1 Å². The number of aliphatic hydroxyl groups excluding tert-OH is 1. The van der Waals surface area contributed by atoms with Gasteiger partial charge < -0.3 is 25.2 Å². The number of benzene rings is 4. The molecule has 1 aliphatic rings. The van der Waals surface area contributed by atoms with Gasteiger partial charge in [0.2, 0.25) is 11.8 Å². The molecule has 8 heteroatoms. The van der Waals surface area contributed by atoms with Crippen LogP contribution in [-0.4, -0.2) is 48.1 Å². The minimum Gasteiger partial charge on any atom is -0.392 e. The zero-order chi connectivity index (χ0) is 34.4. The Labute approximate surface area is 290 Å². The average molecular weight is 664 g/mol. The second kappa shape index (κ2) is 18.4. The molecule has 4 aromatic carbocycles. The summed E-state index contributed by atoms with van der Waals surface area (Å²) < 4.78 is 13.3. The summed E-state index contributed by atoms with van der Waals surface area (Å²) in [5.74, 6) is 0.00688. The minimum atomic E-state index is -0.549. The van der Waals surface area contributed by atoms with Crippen LogP contribution >= 0.6 is 0 Å². The third kappa shape index (κ3) is 11.4. The van der Waals surface area contributed by atoms with E-state index in [0.29, 0.717) is 19.5 Å². The monoisotopic (exact) mass is 663 g/mol. The summed E-state index contributed by atoms with van der Waals surface area (Å²) in [6, 6.07) is 35.0. The second-order valence-electron chi connectivity index (χ2n) is 12.9. The number of hydrogen-bond donors (Lipinski definition) is 3. The van der Waals surface area contributed by atoms with Crippen LogP contribution in [0.3, 0.4) is 0 Å². The summed E-state index contributed by atoms with van der Waals surface area (Å²) in [6.07, 6.45) is 3.00. The van der Waals surface area contributed by atoms with Crippen LogP contribution in [0.5, 0.6) is 0 Å². The van der Waals surface area contributed by atoms with Gasteiger partial charge in [-0.25, -0.2) is 0 Å². The van der Waals surface area contributed by atoms with Crippen LogP contribution in [0, 0.1) is 0 Å². The molecule has 1 aliphatic heterocycles. The zero-order valence-electron chi connectivity index (χ0n) is 28.6. The predicted octanol–water partition coefficient (Wildman–Crippen LogP) is 6.84. The Hall–Kier alpha value is -4.34. The number of rotatable bonds is 16. The largest absolute Gasteiger partial charge is 0.392 e. The third-order valence-corrected chi connectivity index (χ3v) is 8.79. The Morgan fingerprint density at radius 2 is 1.51 bits per heavy atom. The fraction of sp³-hybridized carbons (Fsp3) is 0.366. The number of ether oxygens (including phenoxy) is 2. The molecule has 2 amide bonds. The SMILES string of the molecule is CC(=O)NCCCCCC(=O)NCc1cccc(-c2cccc([C@@H]3O[C@H](CN(C)Cc4ccccc4)C[C@H](c4ccc(CO)cc4)O3)c2)c1. The van der Waals surface area contributed by atoms with Crippen molar-refractivity contribution in [2.45, 2.75) is 77.2 Å². The van der Waals surface area contributed by atoms with E-state index in [1.807, 2.05) is 48.5 Å². The molecule has 49 heavy (non-hydrogen) atoms. The molecule has 1 saturated heterocycles. The number of nitrogens with zero attached hydrogens (tertiary/aromatic N) is 1. The van der Waals surface area contributed by atoms with E-state index in [2.05, 4.69) is 77.2 Å². The van der Waals surface area contributed by atoms with E-state index in [4.69, 9.17) is 9.47 Å². The standard InChI is InChI=1S/C41H49N3O5/c1-30(46)42-22-8-4-7-17-40(47)43-26-33-13-9-14-35(23-33)36-15-10-16-37(24-36)41-48-38(28-44(2)27-31-11-5-3-6-12-31)25-39(49-41)34-20-18-32(29-45)19-21-34/h3,5-6,9-16,18-21,23-24,38-39,41,45H,4,7-8,17,22,25-29H2,1-2H3,(H,42,46)(H,43,47)/t38-,39+,41+/m0/s1. The topological polar surface area (TPSA) is 100 Å². The van der Waals surface area contributed by atoms with Crippen LogP contribution in [0.25, 0.3) is 11.1 Å². The fourth-order valence-corrected chi connectivity index (χ4v) is 6.21. The van der Waals surface area contributed by atoms with Crippen LogP contribution in [0.4, 0.5) is 0 Å². The summed E-state index contributed by atoms with van der Waals surface area (Å²) >= 11 is 0. The van der Waals surface area contributed by atoms with Crippen molar-refractivity contribution in [3.05, 3.63) is 131 Å². The van der Waals surface area contributed by atoms with Gasteiger partial charge in [0, 0.05) is 51.5 Å². The molecule has 0 aliphatic carbocycles. The highest BCUT2D eigenvalue weighted by Crippen LogP contribution is 2.39. The smallest absolute Gasteiger partial charge is 0.220 e. The van der Waals surface area contributed by atoms with Crippen molar-refractivity contribution < 1.29 is 24.2 Å². The number of unbranched alkanes of at least 4 members (excludes halogenated alkanes) is 2. The van der Waals surface area contributed by atoms with Crippen molar-refractivity contribution in [1.29, 1.82) is 0 Å². The minimum absolute atomic E-state index is 0.00688. The summed E-state index contributed by atoms with van der Waals surface area (Å²) in [4.78, 5) is 25.7. The van der Waals surface area contributed by atoms with Gasteiger partial charge in [-0.15, -0.1) is 0 Å². The number of nitrogens with one attached hydrogen (secondary N) is 2. The zero-order valence-corrected chi connectivity index (χ0v) is 28.6. The third-order valence-electron chi connectivity index (χ3n) is 8.79. The van der Waals surface area contributed by atoms with Gasteiger partial charge in [-0.1, -0.05) is 97.4 Å². The van der Waals surface area contributed by atoms with Crippen molar-refractivity contribution in [2.24, 2.45) is 0 Å². The summed E-state index contributed by atoms with van der Waals surface area (Å²) in [5.41, 5.74) is 7.27. The molecule has 0 aromatic heterocycles. The van der Waals surface area contributed by atoms with Crippen LogP contribution in [-0.2, 0) is 38.8 Å². The summed E-state index contributed by atoms with van der Waals surface area (Å²) in [7, 11) is 2.12. The van der Waals surface area contributed by atoms with E-state index in [-0.39, 0.29) is 30.6 Å². The van der Waals surface area contributed by atoms with Crippen LogP contribution < -0.4 is 10.6 Å². The molecule has 3 N–H and O–H groups in total. The van der Waals surface area contributed by atoms with Crippen LogP contribution in [0.1, 0.15) is 79.2 Å². The van der Waals surface area contributed by atoms with Crippen molar-refractivity contribution in [1.82, 2.24) is 15.5 Å². The van der Waals surface area contributed by atoms with Gasteiger partial charge >= 0.3 is 0 Å². The number of hydrogen-bond acceptors (Lipinski definition) is 6. The summed E-state index contributed by atoms with van der Waals surface area (Å²) in [6.45, 7) is 4.21. The molecule has 5 rings (SSSR count). The van der Waals surface area contributed by atoms with Gasteiger partial charge in [0.05, 0.1) is 18.8 Å². The normalized spacial score (nSPS) is 17.5. The highest BCUT2D eigenvalue weighted by atomic mass is 16.7. The van der Waals surface area contributed by atoms with E-state index in [1.54, 1.807) is 0 Å². The van der Waals surface area contributed by atoms with E-state index in [0.717, 1.165) is 72.2 Å². The quantitative estimate of drug-likeness (QED) is 0.114. The first-order valence-electron chi connectivity index (χ1n) is 17.3. The molecule has 258 valence electrons. The Kier molecular flexibility index (Phi) is 13.5. The van der Waals surface area contributed by atoms with E-state index in [1.165, 1.54) is 12.5 Å².